The average molecular weight is 365 g/mol. The summed E-state index contributed by atoms with van der Waals surface area (Å²) in [6.07, 6.45) is 1.42. The maximum Gasteiger partial charge on any atom is 0.271 e. The molecule has 0 saturated heterocycles. The summed E-state index contributed by atoms with van der Waals surface area (Å²) in [5.74, 6) is 1.62. The third-order valence-corrected chi connectivity index (χ3v) is 4.24. The Morgan fingerprint density at radius 3 is 2.67 bits per heavy atom. The molecule has 0 spiro atoms. The summed E-state index contributed by atoms with van der Waals surface area (Å²) >= 11 is 0. The molecule has 136 valence electrons. The molecule has 2 aromatic carbocycles. The fraction of sp³-hybridized carbons (Fsp3) is 0.111. The van der Waals surface area contributed by atoms with E-state index in [1.54, 1.807) is 7.11 Å². The molecule has 4 aromatic rings. The van der Waals surface area contributed by atoms with E-state index in [4.69, 9.17) is 9.47 Å². The van der Waals surface area contributed by atoms with Crippen LogP contribution in [0.1, 0.15) is 0 Å². The molecule has 0 saturated carbocycles. The number of nitrogens with one attached hydrogen (secondary N) is 2. The number of aromatic nitrogens is 3. The van der Waals surface area contributed by atoms with Crippen LogP contribution in [0.4, 0.5) is 17.2 Å². The van der Waals surface area contributed by atoms with Gasteiger partial charge in [0.15, 0.2) is 5.82 Å². The van der Waals surface area contributed by atoms with Gasteiger partial charge in [-0.25, -0.2) is 9.97 Å². The number of methoxy groups -OCH3 is 2. The number of fused-ring (bicyclic) bond motifs is 3. The van der Waals surface area contributed by atoms with Gasteiger partial charge in [-0.3, -0.25) is 10.1 Å². The van der Waals surface area contributed by atoms with Crippen molar-refractivity contribution >= 4 is 39.1 Å². The first kappa shape index (κ1) is 16.6. The summed E-state index contributed by atoms with van der Waals surface area (Å²) in [5.41, 5.74) is 2.56. The van der Waals surface area contributed by atoms with Crippen LogP contribution in [-0.2, 0) is 0 Å². The predicted octanol–water partition coefficient (Wildman–Crippen LogP) is 3.78. The summed E-state index contributed by atoms with van der Waals surface area (Å²) in [6, 6.07) is 9.96. The molecule has 0 atom stereocenters. The Labute approximate surface area is 153 Å². The Morgan fingerprint density at radius 1 is 1.11 bits per heavy atom. The number of non-ortho nitro benzene ring substituents is 1. The van der Waals surface area contributed by atoms with Gasteiger partial charge in [0.1, 0.15) is 28.9 Å². The van der Waals surface area contributed by atoms with Gasteiger partial charge in [0, 0.05) is 12.1 Å². The lowest BCUT2D eigenvalue weighted by Crippen LogP contribution is -1.99. The van der Waals surface area contributed by atoms with E-state index in [2.05, 4.69) is 20.3 Å². The quantitative estimate of drug-likeness (QED) is 0.408. The fourth-order valence-corrected chi connectivity index (χ4v) is 3.01. The van der Waals surface area contributed by atoms with Gasteiger partial charge < -0.3 is 19.8 Å². The zero-order valence-corrected chi connectivity index (χ0v) is 14.5. The number of nitrogens with zero attached hydrogens (tertiary/aromatic N) is 3. The standard InChI is InChI=1S/C18H15N5O4/c1-26-13-7-6-10(23(24)25)8-12(13)22-18-17-16(19-9-20-18)15-11(21-17)4-3-5-14(15)27-2/h3-9,21H,1-2H3,(H,19,20,22). The minimum atomic E-state index is -0.464. The second-order valence-corrected chi connectivity index (χ2v) is 5.72. The number of benzene rings is 2. The van der Waals surface area contributed by atoms with Crippen LogP contribution < -0.4 is 14.8 Å². The highest BCUT2D eigenvalue weighted by molar-refractivity contribution is 6.11. The number of hydrogen-bond donors (Lipinski definition) is 2. The number of rotatable bonds is 5. The van der Waals surface area contributed by atoms with Gasteiger partial charge in [-0.15, -0.1) is 0 Å². The smallest absolute Gasteiger partial charge is 0.271 e. The van der Waals surface area contributed by atoms with Gasteiger partial charge in [0.2, 0.25) is 0 Å². The van der Waals surface area contributed by atoms with Gasteiger partial charge in [0.25, 0.3) is 5.69 Å². The predicted molar refractivity (Wildman–Crippen MR) is 101 cm³/mol. The summed E-state index contributed by atoms with van der Waals surface area (Å²) in [6.45, 7) is 0. The molecule has 0 aliphatic rings. The molecule has 4 rings (SSSR count). The monoisotopic (exact) mass is 365 g/mol. The molecule has 2 heterocycles. The van der Waals surface area contributed by atoms with Gasteiger partial charge in [-0.2, -0.15) is 0 Å². The molecule has 0 amide bonds. The number of H-pyrrole nitrogens is 1. The average Bonchev–Trinajstić information content (AvgIpc) is 3.07. The summed E-state index contributed by atoms with van der Waals surface area (Å²) in [5, 5.41) is 15.0. The van der Waals surface area contributed by atoms with Crippen LogP contribution in [-0.4, -0.2) is 34.1 Å². The number of hydrogen-bond acceptors (Lipinski definition) is 7. The van der Waals surface area contributed by atoms with E-state index in [1.165, 1.54) is 31.6 Å². The summed E-state index contributed by atoms with van der Waals surface area (Å²) in [7, 11) is 3.09. The highest BCUT2D eigenvalue weighted by Gasteiger charge is 2.17. The Kier molecular flexibility index (Phi) is 3.96. The van der Waals surface area contributed by atoms with Crippen molar-refractivity contribution in [2.75, 3.05) is 19.5 Å². The van der Waals surface area contributed by atoms with Crippen LogP contribution in [0.25, 0.3) is 21.9 Å². The van der Waals surface area contributed by atoms with Crippen molar-refractivity contribution in [2.45, 2.75) is 0 Å². The van der Waals surface area contributed by atoms with Crippen LogP contribution in [0.5, 0.6) is 11.5 Å². The van der Waals surface area contributed by atoms with Crippen LogP contribution in [0.15, 0.2) is 42.7 Å². The second-order valence-electron chi connectivity index (χ2n) is 5.72. The highest BCUT2D eigenvalue weighted by atomic mass is 16.6. The molecule has 9 nitrogen and oxygen atoms in total. The van der Waals surface area contributed by atoms with E-state index >= 15 is 0 Å². The summed E-state index contributed by atoms with van der Waals surface area (Å²) in [4.78, 5) is 22.6. The molecule has 0 bridgehead atoms. The first-order valence-electron chi connectivity index (χ1n) is 8.01. The molecule has 2 N–H and O–H groups in total. The van der Waals surface area contributed by atoms with Crippen molar-refractivity contribution in [3.05, 3.63) is 52.8 Å². The molecule has 0 unspecified atom stereocenters. The maximum atomic E-state index is 11.1. The van der Waals surface area contributed by atoms with Crippen LogP contribution in [0, 0.1) is 10.1 Å². The lowest BCUT2D eigenvalue weighted by atomic mass is 10.2. The van der Waals surface area contributed by atoms with Crippen molar-refractivity contribution in [3.63, 3.8) is 0 Å². The Hall–Kier alpha value is -3.88. The molecule has 2 aromatic heterocycles. The van der Waals surface area contributed by atoms with Crippen LogP contribution in [0.3, 0.4) is 0 Å². The number of nitro benzene ring substituents is 1. The maximum absolute atomic E-state index is 11.1. The minimum Gasteiger partial charge on any atom is -0.496 e. The first-order valence-corrected chi connectivity index (χ1v) is 8.01. The van der Waals surface area contributed by atoms with Crippen molar-refractivity contribution in [3.8, 4) is 11.5 Å². The third-order valence-electron chi connectivity index (χ3n) is 4.24. The number of anilines is 2. The molecule has 0 aliphatic heterocycles. The van der Waals surface area contributed by atoms with E-state index < -0.39 is 4.92 Å². The van der Waals surface area contributed by atoms with Crippen molar-refractivity contribution < 1.29 is 14.4 Å². The zero-order valence-electron chi connectivity index (χ0n) is 14.5. The highest BCUT2D eigenvalue weighted by Crippen LogP contribution is 2.36. The molecular weight excluding hydrogens is 350 g/mol. The topological polar surface area (TPSA) is 115 Å². The van der Waals surface area contributed by atoms with Gasteiger partial charge in [0.05, 0.1) is 35.7 Å². The molecule has 9 heteroatoms. The zero-order chi connectivity index (χ0) is 19.0. The van der Waals surface area contributed by atoms with Crippen molar-refractivity contribution in [1.82, 2.24) is 15.0 Å². The second kappa shape index (κ2) is 6.45. The van der Waals surface area contributed by atoms with Crippen LogP contribution >= 0.6 is 0 Å². The van der Waals surface area contributed by atoms with E-state index in [9.17, 15) is 10.1 Å². The third kappa shape index (κ3) is 2.74. The van der Waals surface area contributed by atoms with E-state index in [0.29, 0.717) is 34.0 Å². The molecular formula is C18H15N5O4. The Balaban J connectivity index is 1.88. The van der Waals surface area contributed by atoms with Gasteiger partial charge in [-0.05, 0) is 18.2 Å². The van der Waals surface area contributed by atoms with E-state index in [0.717, 1.165) is 10.9 Å². The fourth-order valence-electron chi connectivity index (χ4n) is 3.01. The number of aromatic amines is 1. The molecule has 27 heavy (non-hydrogen) atoms. The first-order chi connectivity index (χ1) is 13.1. The lowest BCUT2D eigenvalue weighted by molar-refractivity contribution is -0.384. The largest absolute Gasteiger partial charge is 0.496 e. The number of nitro groups is 1. The Morgan fingerprint density at radius 2 is 1.93 bits per heavy atom. The molecule has 0 fully saturated rings. The number of ether oxygens (including phenoxy) is 2. The molecule has 0 radical (unpaired) electrons. The van der Waals surface area contributed by atoms with E-state index in [-0.39, 0.29) is 5.69 Å². The SMILES string of the molecule is COc1ccc([N+](=O)[O-])cc1Nc1ncnc2c1[nH]c1cccc(OC)c12. The summed E-state index contributed by atoms with van der Waals surface area (Å²) < 4.78 is 10.7. The van der Waals surface area contributed by atoms with Gasteiger partial charge >= 0.3 is 0 Å². The normalized spacial score (nSPS) is 10.9. The Bertz CT molecular complexity index is 1170. The molecule has 0 aliphatic carbocycles. The van der Waals surface area contributed by atoms with Gasteiger partial charge in [-0.1, -0.05) is 6.07 Å². The van der Waals surface area contributed by atoms with Crippen molar-refractivity contribution in [2.24, 2.45) is 0 Å². The van der Waals surface area contributed by atoms with E-state index in [1.807, 2.05) is 18.2 Å². The minimum absolute atomic E-state index is 0.0538. The van der Waals surface area contributed by atoms with Crippen LogP contribution in [0.2, 0.25) is 0 Å². The lowest BCUT2D eigenvalue weighted by Gasteiger charge is -2.10. The van der Waals surface area contributed by atoms with Crippen molar-refractivity contribution in [1.29, 1.82) is 0 Å².